The number of carbonyl (C=O) groups excluding carboxylic acids is 1. The van der Waals surface area contributed by atoms with Crippen LogP contribution in [0.1, 0.15) is 32.6 Å². The highest BCUT2D eigenvalue weighted by atomic mass is 16.5. The second kappa shape index (κ2) is 9.93. The largest absolute Gasteiger partial charge is 0.468 e. The lowest BCUT2D eigenvalue weighted by Gasteiger charge is -2.13. The van der Waals surface area contributed by atoms with E-state index in [1.54, 1.807) is 7.11 Å². The Balaban J connectivity index is 3.42. The summed E-state index contributed by atoms with van der Waals surface area (Å²) in [4.78, 5) is 11.2. The summed E-state index contributed by atoms with van der Waals surface area (Å²) in [6.07, 6.45) is 4.03. The van der Waals surface area contributed by atoms with E-state index in [1.807, 2.05) is 6.92 Å². The van der Waals surface area contributed by atoms with Crippen molar-refractivity contribution >= 4 is 5.97 Å². The fourth-order valence-corrected chi connectivity index (χ4v) is 1.36. The summed E-state index contributed by atoms with van der Waals surface area (Å²) >= 11 is 0. The van der Waals surface area contributed by atoms with E-state index < -0.39 is 0 Å². The van der Waals surface area contributed by atoms with Gasteiger partial charge in [0.1, 0.15) is 6.04 Å². The van der Waals surface area contributed by atoms with Gasteiger partial charge in [0.15, 0.2) is 0 Å². The lowest BCUT2D eigenvalue weighted by atomic mass is 10.2. The van der Waals surface area contributed by atoms with E-state index in [-0.39, 0.29) is 12.0 Å². The Morgan fingerprint density at radius 1 is 1.27 bits per heavy atom. The predicted octanol–water partition coefficient (Wildman–Crippen LogP) is 1.34. The van der Waals surface area contributed by atoms with Gasteiger partial charge in [-0.05, 0) is 32.2 Å². The third-order valence-electron chi connectivity index (χ3n) is 2.31. The first kappa shape index (κ1) is 14.4. The van der Waals surface area contributed by atoms with Crippen LogP contribution in [-0.4, -0.2) is 39.4 Å². The average Bonchev–Trinajstić information content (AvgIpc) is 2.27. The number of esters is 1. The van der Waals surface area contributed by atoms with E-state index >= 15 is 0 Å². The Bertz CT molecular complexity index is 162. The highest BCUT2D eigenvalue weighted by molar-refractivity contribution is 5.75. The van der Waals surface area contributed by atoms with Crippen LogP contribution < -0.4 is 5.32 Å². The molecule has 1 N–H and O–H groups in total. The number of carbonyl (C=O) groups is 1. The standard InChI is InChI=1S/C11H23NO3/c1-4-10(11(13)15-3)12-8-6-5-7-9-14-2/h10,12H,4-9H2,1-3H3. The highest BCUT2D eigenvalue weighted by Crippen LogP contribution is 1.97. The Kier molecular flexibility index (Phi) is 9.52. The quantitative estimate of drug-likeness (QED) is 0.468. The van der Waals surface area contributed by atoms with Crippen LogP contribution in [-0.2, 0) is 14.3 Å². The van der Waals surface area contributed by atoms with Crippen LogP contribution in [0.4, 0.5) is 0 Å². The number of ether oxygens (including phenoxy) is 2. The second-order valence-electron chi connectivity index (χ2n) is 3.49. The number of rotatable bonds is 9. The van der Waals surface area contributed by atoms with Crippen molar-refractivity contribution in [3.8, 4) is 0 Å². The fourth-order valence-electron chi connectivity index (χ4n) is 1.36. The van der Waals surface area contributed by atoms with E-state index in [2.05, 4.69) is 10.1 Å². The van der Waals surface area contributed by atoms with Gasteiger partial charge >= 0.3 is 5.97 Å². The maximum Gasteiger partial charge on any atom is 0.322 e. The Morgan fingerprint density at radius 3 is 2.53 bits per heavy atom. The van der Waals surface area contributed by atoms with Crippen LogP contribution in [0, 0.1) is 0 Å². The Hall–Kier alpha value is -0.610. The number of unbranched alkanes of at least 4 members (excludes halogenated alkanes) is 2. The van der Waals surface area contributed by atoms with Crippen molar-refractivity contribution < 1.29 is 14.3 Å². The summed E-state index contributed by atoms with van der Waals surface area (Å²) in [5.41, 5.74) is 0. The summed E-state index contributed by atoms with van der Waals surface area (Å²) < 4.78 is 9.63. The van der Waals surface area contributed by atoms with E-state index in [9.17, 15) is 4.79 Å². The van der Waals surface area contributed by atoms with Crippen LogP contribution in [0.3, 0.4) is 0 Å². The average molecular weight is 217 g/mol. The molecule has 0 amide bonds. The smallest absolute Gasteiger partial charge is 0.322 e. The lowest BCUT2D eigenvalue weighted by Crippen LogP contribution is -2.37. The van der Waals surface area contributed by atoms with Crippen LogP contribution >= 0.6 is 0 Å². The molecule has 90 valence electrons. The summed E-state index contributed by atoms with van der Waals surface area (Å²) in [5.74, 6) is -0.172. The molecule has 4 heteroatoms. The molecule has 15 heavy (non-hydrogen) atoms. The Labute approximate surface area is 92.3 Å². The normalized spacial score (nSPS) is 12.5. The van der Waals surface area contributed by atoms with Crippen molar-refractivity contribution in [2.24, 2.45) is 0 Å². The SMILES string of the molecule is CCC(NCCCCCOC)C(=O)OC. The minimum atomic E-state index is -0.172. The molecule has 0 spiro atoms. The van der Waals surface area contributed by atoms with E-state index in [0.717, 1.165) is 38.8 Å². The first-order valence-electron chi connectivity index (χ1n) is 5.56. The predicted molar refractivity (Wildman–Crippen MR) is 59.8 cm³/mol. The number of nitrogens with one attached hydrogen (secondary N) is 1. The van der Waals surface area contributed by atoms with Gasteiger partial charge in [0.25, 0.3) is 0 Å². The van der Waals surface area contributed by atoms with Crippen molar-refractivity contribution in [1.29, 1.82) is 0 Å². The van der Waals surface area contributed by atoms with Crippen molar-refractivity contribution in [3.63, 3.8) is 0 Å². The monoisotopic (exact) mass is 217 g/mol. The zero-order valence-electron chi connectivity index (χ0n) is 10.0. The van der Waals surface area contributed by atoms with Crippen LogP contribution in [0.2, 0.25) is 0 Å². The molecule has 0 rings (SSSR count). The third-order valence-corrected chi connectivity index (χ3v) is 2.31. The van der Waals surface area contributed by atoms with Crippen LogP contribution in [0.25, 0.3) is 0 Å². The summed E-state index contributed by atoms with van der Waals surface area (Å²) in [6, 6.07) is -0.155. The van der Waals surface area contributed by atoms with Gasteiger partial charge in [0.05, 0.1) is 7.11 Å². The molecule has 1 unspecified atom stereocenters. The topological polar surface area (TPSA) is 47.6 Å². The molecule has 1 atom stereocenters. The minimum Gasteiger partial charge on any atom is -0.468 e. The van der Waals surface area contributed by atoms with Gasteiger partial charge in [0, 0.05) is 13.7 Å². The first-order valence-corrected chi connectivity index (χ1v) is 5.56. The van der Waals surface area contributed by atoms with Crippen molar-refractivity contribution in [2.45, 2.75) is 38.6 Å². The molecule has 0 fully saturated rings. The number of hydrogen-bond acceptors (Lipinski definition) is 4. The molecule has 0 saturated carbocycles. The van der Waals surface area contributed by atoms with E-state index in [0.29, 0.717) is 0 Å². The van der Waals surface area contributed by atoms with Gasteiger partial charge in [-0.1, -0.05) is 6.92 Å². The van der Waals surface area contributed by atoms with Gasteiger partial charge in [0.2, 0.25) is 0 Å². The van der Waals surface area contributed by atoms with Gasteiger partial charge in [-0.2, -0.15) is 0 Å². The molecule has 0 aromatic carbocycles. The van der Waals surface area contributed by atoms with Crippen molar-refractivity contribution in [3.05, 3.63) is 0 Å². The molecule has 0 aliphatic carbocycles. The summed E-state index contributed by atoms with van der Waals surface area (Å²) in [7, 11) is 3.13. The maximum atomic E-state index is 11.2. The molecular formula is C11H23NO3. The molecule has 0 bridgehead atoms. The lowest BCUT2D eigenvalue weighted by molar-refractivity contribution is -0.143. The summed E-state index contributed by atoms with van der Waals surface area (Å²) in [5, 5.41) is 3.18. The summed E-state index contributed by atoms with van der Waals surface area (Å²) in [6.45, 7) is 3.64. The van der Waals surface area contributed by atoms with Crippen LogP contribution in [0.15, 0.2) is 0 Å². The Morgan fingerprint density at radius 2 is 2.00 bits per heavy atom. The molecular weight excluding hydrogens is 194 g/mol. The van der Waals surface area contributed by atoms with Crippen molar-refractivity contribution in [1.82, 2.24) is 5.32 Å². The van der Waals surface area contributed by atoms with Gasteiger partial charge < -0.3 is 14.8 Å². The minimum absolute atomic E-state index is 0.155. The molecule has 0 aromatic rings. The molecule has 4 nitrogen and oxygen atoms in total. The zero-order valence-corrected chi connectivity index (χ0v) is 10.0. The second-order valence-corrected chi connectivity index (χ2v) is 3.49. The molecule has 0 saturated heterocycles. The number of hydrogen-bond donors (Lipinski definition) is 1. The van der Waals surface area contributed by atoms with E-state index in [1.165, 1.54) is 7.11 Å². The molecule has 0 aliphatic heterocycles. The zero-order chi connectivity index (χ0) is 11.5. The van der Waals surface area contributed by atoms with Crippen molar-refractivity contribution in [2.75, 3.05) is 27.4 Å². The molecule has 0 aromatic heterocycles. The molecule has 0 aliphatic rings. The number of methoxy groups -OCH3 is 2. The first-order chi connectivity index (χ1) is 7.26. The van der Waals surface area contributed by atoms with Gasteiger partial charge in [-0.25, -0.2) is 0 Å². The fraction of sp³-hybridized carbons (Fsp3) is 0.909. The third kappa shape index (κ3) is 7.33. The van der Waals surface area contributed by atoms with Gasteiger partial charge in [-0.15, -0.1) is 0 Å². The maximum absolute atomic E-state index is 11.2. The molecule has 0 heterocycles. The van der Waals surface area contributed by atoms with Crippen LogP contribution in [0.5, 0.6) is 0 Å². The van der Waals surface area contributed by atoms with E-state index in [4.69, 9.17) is 4.74 Å². The molecule has 0 radical (unpaired) electrons. The highest BCUT2D eigenvalue weighted by Gasteiger charge is 2.14. The van der Waals surface area contributed by atoms with Gasteiger partial charge in [-0.3, -0.25) is 4.79 Å².